The summed E-state index contributed by atoms with van der Waals surface area (Å²) in [5.41, 5.74) is 0.738. The number of halogens is 3. The van der Waals surface area contributed by atoms with Crippen molar-refractivity contribution < 1.29 is 17.9 Å². The molecule has 0 saturated heterocycles. The maximum Gasteiger partial charge on any atom is 0.421 e. The number of nitriles is 1. The molecule has 0 unspecified atom stereocenters. The third-order valence-corrected chi connectivity index (χ3v) is 3.28. The van der Waals surface area contributed by atoms with Crippen LogP contribution in [0.1, 0.15) is 22.4 Å². The van der Waals surface area contributed by atoms with Gasteiger partial charge in [-0.3, -0.25) is 0 Å². The van der Waals surface area contributed by atoms with Gasteiger partial charge in [-0.15, -0.1) is 5.10 Å². The quantitative estimate of drug-likeness (QED) is 0.845. The second-order valence-corrected chi connectivity index (χ2v) is 4.87. The Balaban J connectivity index is 2.00. The van der Waals surface area contributed by atoms with E-state index in [-0.39, 0.29) is 19.0 Å². The molecule has 0 aliphatic heterocycles. The minimum atomic E-state index is -4.54. The first-order chi connectivity index (χ1) is 11.3. The Labute approximate surface area is 136 Å². The van der Waals surface area contributed by atoms with Crippen LogP contribution < -0.4 is 10.1 Å². The van der Waals surface area contributed by atoms with E-state index in [4.69, 9.17) is 10.00 Å². The monoisotopic (exact) mass is 337 g/mol. The number of nitrogens with zero attached hydrogens (tertiary/aromatic N) is 4. The van der Waals surface area contributed by atoms with Gasteiger partial charge in [0.25, 0.3) is 0 Å². The van der Waals surface area contributed by atoms with E-state index < -0.39 is 17.6 Å². The van der Waals surface area contributed by atoms with E-state index in [0.717, 1.165) is 6.07 Å². The van der Waals surface area contributed by atoms with Gasteiger partial charge in [-0.1, -0.05) is 0 Å². The Bertz CT molecular complexity index is 771. The Kier molecular flexibility index (Phi) is 5.18. The van der Waals surface area contributed by atoms with E-state index in [0.29, 0.717) is 16.8 Å². The van der Waals surface area contributed by atoms with Gasteiger partial charge in [0.2, 0.25) is 5.88 Å². The van der Waals surface area contributed by atoms with Gasteiger partial charge in [-0.2, -0.15) is 23.5 Å². The molecule has 1 N–H and O–H groups in total. The number of rotatable bonds is 5. The smallest absolute Gasteiger partial charge is 0.421 e. The maximum absolute atomic E-state index is 12.8. The maximum atomic E-state index is 12.8. The van der Waals surface area contributed by atoms with E-state index >= 15 is 0 Å². The van der Waals surface area contributed by atoms with Crippen molar-refractivity contribution in [2.45, 2.75) is 20.0 Å². The summed E-state index contributed by atoms with van der Waals surface area (Å²) in [5, 5.41) is 19.8. The van der Waals surface area contributed by atoms with Crippen molar-refractivity contribution in [1.82, 2.24) is 15.2 Å². The summed E-state index contributed by atoms with van der Waals surface area (Å²) in [6, 6.07) is 4.12. The highest BCUT2D eigenvalue weighted by Crippen LogP contribution is 2.34. The van der Waals surface area contributed by atoms with Crippen LogP contribution in [0, 0.1) is 25.2 Å². The number of aryl methyl sites for hydroxylation is 1. The molecule has 9 heteroatoms. The molecule has 2 aromatic rings. The fourth-order valence-electron chi connectivity index (χ4n) is 1.91. The number of alkyl halides is 3. The normalized spacial score (nSPS) is 11.0. The van der Waals surface area contributed by atoms with Crippen molar-refractivity contribution in [3.8, 4) is 11.9 Å². The highest BCUT2D eigenvalue weighted by molar-refractivity contribution is 5.55. The number of hydrogen-bond acceptors (Lipinski definition) is 6. The van der Waals surface area contributed by atoms with Gasteiger partial charge in [0.05, 0.1) is 12.2 Å². The summed E-state index contributed by atoms with van der Waals surface area (Å²) in [6.07, 6.45) is -3.31. The molecule has 0 aliphatic rings. The van der Waals surface area contributed by atoms with Gasteiger partial charge in [-0.25, -0.2) is 4.98 Å². The zero-order chi connectivity index (χ0) is 17.7. The van der Waals surface area contributed by atoms with Crippen LogP contribution in [0.15, 0.2) is 18.3 Å². The molecule has 0 spiro atoms. The highest BCUT2D eigenvalue weighted by atomic mass is 19.4. The molecule has 0 fully saturated rings. The largest absolute Gasteiger partial charge is 0.475 e. The molecular formula is C15H14F3N5O. The highest BCUT2D eigenvalue weighted by Gasteiger charge is 2.34. The van der Waals surface area contributed by atoms with Crippen molar-refractivity contribution in [2.75, 3.05) is 18.5 Å². The Morgan fingerprint density at radius 1 is 1.29 bits per heavy atom. The van der Waals surface area contributed by atoms with Crippen molar-refractivity contribution in [3.63, 3.8) is 0 Å². The summed E-state index contributed by atoms with van der Waals surface area (Å²) in [5.74, 6) is -0.222. The summed E-state index contributed by atoms with van der Waals surface area (Å²) in [7, 11) is 0. The molecule has 126 valence electrons. The van der Waals surface area contributed by atoms with Crippen LogP contribution in [-0.4, -0.2) is 28.3 Å². The first kappa shape index (κ1) is 17.5. The fourth-order valence-corrected chi connectivity index (χ4v) is 1.91. The topological polar surface area (TPSA) is 83.7 Å². The second-order valence-electron chi connectivity index (χ2n) is 4.87. The van der Waals surface area contributed by atoms with Crippen molar-refractivity contribution >= 4 is 5.82 Å². The van der Waals surface area contributed by atoms with Crippen LogP contribution in [0.2, 0.25) is 0 Å². The van der Waals surface area contributed by atoms with Gasteiger partial charge in [0, 0.05) is 6.20 Å². The van der Waals surface area contributed by atoms with E-state index in [1.165, 1.54) is 12.3 Å². The minimum Gasteiger partial charge on any atom is -0.475 e. The molecule has 2 aromatic heterocycles. The standard InChI is InChI=1S/C15H14F3N5O/c1-9-10(2)22-23-13(11(9)8-19)20-6-7-24-14-12(15(16,17)18)4-3-5-21-14/h3-5H,6-7H2,1-2H3,(H,20,23). The van der Waals surface area contributed by atoms with E-state index in [1.807, 2.05) is 6.07 Å². The van der Waals surface area contributed by atoms with E-state index in [2.05, 4.69) is 20.5 Å². The lowest BCUT2D eigenvalue weighted by Crippen LogP contribution is -2.17. The lowest BCUT2D eigenvalue weighted by atomic mass is 10.1. The number of hydrogen-bond donors (Lipinski definition) is 1. The van der Waals surface area contributed by atoms with Crippen LogP contribution in [0.3, 0.4) is 0 Å². The van der Waals surface area contributed by atoms with Gasteiger partial charge >= 0.3 is 6.18 Å². The van der Waals surface area contributed by atoms with Crippen LogP contribution in [0.4, 0.5) is 19.0 Å². The molecule has 24 heavy (non-hydrogen) atoms. The Hall–Kier alpha value is -2.89. The molecule has 0 saturated carbocycles. The van der Waals surface area contributed by atoms with Crippen LogP contribution >= 0.6 is 0 Å². The number of aromatic nitrogens is 3. The lowest BCUT2D eigenvalue weighted by molar-refractivity contribution is -0.139. The van der Waals surface area contributed by atoms with Gasteiger partial charge in [0.15, 0.2) is 5.82 Å². The molecule has 0 amide bonds. The minimum absolute atomic E-state index is 0.0838. The van der Waals surface area contributed by atoms with Crippen LogP contribution in [0.25, 0.3) is 0 Å². The number of pyridine rings is 1. The third-order valence-electron chi connectivity index (χ3n) is 3.28. The molecule has 0 aromatic carbocycles. The summed E-state index contributed by atoms with van der Waals surface area (Å²) in [6.45, 7) is 3.53. The molecule has 2 heterocycles. The third kappa shape index (κ3) is 3.90. The fraction of sp³-hybridized carbons (Fsp3) is 0.333. The van der Waals surface area contributed by atoms with Gasteiger partial charge in [0.1, 0.15) is 23.8 Å². The van der Waals surface area contributed by atoms with Crippen LogP contribution in [-0.2, 0) is 6.18 Å². The predicted molar refractivity (Wildman–Crippen MR) is 79.4 cm³/mol. The zero-order valence-electron chi connectivity index (χ0n) is 13.0. The Morgan fingerprint density at radius 2 is 2.04 bits per heavy atom. The summed E-state index contributed by atoms with van der Waals surface area (Å²) >= 11 is 0. The zero-order valence-corrected chi connectivity index (χ0v) is 13.0. The Morgan fingerprint density at radius 3 is 2.71 bits per heavy atom. The number of nitrogens with one attached hydrogen (secondary N) is 1. The number of anilines is 1. The first-order valence-electron chi connectivity index (χ1n) is 6.97. The molecule has 0 radical (unpaired) electrons. The summed E-state index contributed by atoms with van der Waals surface area (Å²) in [4.78, 5) is 3.60. The average Bonchev–Trinajstić information content (AvgIpc) is 2.54. The average molecular weight is 337 g/mol. The van der Waals surface area contributed by atoms with Crippen molar-refractivity contribution in [3.05, 3.63) is 40.7 Å². The van der Waals surface area contributed by atoms with Crippen LogP contribution in [0.5, 0.6) is 5.88 Å². The predicted octanol–water partition coefficient (Wildman–Crippen LogP) is 2.87. The van der Waals surface area contributed by atoms with E-state index in [1.54, 1.807) is 13.8 Å². The SMILES string of the molecule is Cc1nnc(NCCOc2ncccc2C(F)(F)F)c(C#N)c1C. The second kappa shape index (κ2) is 7.12. The molecule has 0 atom stereocenters. The molecule has 2 rings (SSSR count). The first-order valence-corrected chi connectivity index (χ1v) is 6.97. The van der Waals surface area contributed by atoms with Gasteiger partial charge < -0.3 is 10.1 Å². The molecule has 0 bridgehead atoms. The molecular weight excluding hydrogens is 323 g/mol. The van der Waals surface area contributed by atoms with Gasteiger partial charge in [-0.05, 0) is 31.5 Å². The van der Waals surface area contributed by atoms with Crippen molar-refractivity contribution in [2.24, 2.45) is 0 Å². The summed E-state index contributed by atoms with van der Waals surface area (Å²) < 4.78 is 43.5. The van der Waals surface area contributed by atoms with Crippen molar-refractivity contribution in [1.29, 1.82) is 5.26 Å². The molecule has 6 nitrogen and oxygen atoms in total. The van der Waals surface area contributed by atoms with E-state index in [9.17, 15) is 13.2 Å². The molecule has 0 aliphatic carbocycles. The lowest BCUT2D eigenvalue weighted by Gasteiger charge is -2.13. The number of ether oxygens (including phenoxy) is 1.